The molecule has 3 aliphatic heterocycles. The van der Waals surface area contributed by atoms with Crippen LogP contribution < -0.4 is 9.64 Å². The molecule has 3 aliphatic rings. The van der Waals surface area contributed by atoms with Gasteiger partial charge in [-0.3, -0.25) is 9.68 Å². The second kappa shape index (κ2) is 7.25. The van der Waals surface area contributed by atoms with Gasteiger partial charge in [-0.25, -0.2) is 14.2 Å². The largest absolute Gasteiger partial charge is 0.493 e. The first-order valence-electron chi connectivity index (χ1n) is 10.3. The van der Waals surface area contributed by atoms with Gasteiger partial charge in [0.25, 0.3) is 0 Å². The predicted molar refractivity (Wildman–Crippen MR) is 113 cm³/mol. The summed E-state index contributed by atoms with van der Waals surface area (Å²) in [6.45, 7) is 6.76. The van der Waals surface area contributed by atoms with Gasteiger partial charge in [-0.05, 0) is 24.1 Å². The van der Waals surface area contributed by atoms with Crippen LogP contribution in [0.2, 0.25) is 0 Å². The van der Waals surface area contributed by atoms with Crippen LogP contribution in [-0.2, 0) is 28.3 Å². The molecule has 0 saturated carbocycles. The average Bonchev–Trinajstić information content (AvgIpc) is 3.20. The number of aromatic nitrogens is 2. The molecule has 2 aromatic rings. The molecule has 0 amide bonds. The summed E-state index contributed by atoms with van der Waals surface area (Å²) in [6, 6.07) is 7.00. The predicted octanol–water partition coefficient (Wildman–Crippen LogP) is 2.40. The lowest BCUT2D eigenvalue weighted by molar-refractivity contribution is 0.197. The van der Waals surface area contributed by atoms with Crippen LogP contribution in [0.3, 0.4) is 0 Å². The molecule has 154 valence electrons. The molecular formula is C21H27N5O2S. The lowest BCUT2D eigenvalue weighted by Gasteiger charge is -2.38. The maximum atomic E-state index is 12.0. The van der Waals surface area contributed by atoms with Crippen LogP contribution >= 0.6 is 0 Å². The third-order valence-electron chi connectivity index (χ3n) is 6.35. The van der Waals surface area contributed by atoms with Crippen LogP contribution in [0.25, 0.3) is 0 Å². The van der Waals surface area contributed by atoms with E-state index in [9.17, 15) is 4.21 Å². The Morgan fingerprint density at radius 1 is 1.17 bits per heavy atom. The maximum absolute atomic E-state index is 12.0. The molecule has 2 atom stereocenters. The number of anilines is 1. The van der Waals surface area contributed by atoms with Crippen LogP contribution in [0.15, 0.2) is 24.4 Å². The minimum atomic E-state index is -2.49. The Morgan fingerprint density at radius 2 is 2.00 bits per heavy atom. The zero-order valence-corrected chi connectivity index (χ0v) is 17.6. The second-order valence-corrected chi connectivity index (χ2v) is 10.5. The molecule has 1 aromatic carbocycles. The van der Waals surface area contributed by atoms with Crippen molar-refractivity contribution in [2.45, 2.75) is 31.6 Å². The van der Waals surface area contributed by atoms with E-state index in [1.807, 2.05) is 0 Å². The van der Waals surface area contributed by atoms with Gasteiger partial charge >= 0.3 is 0 Å². The standard InChI is InChI=1S/C21H27N5O2S/c1-15(17-3-2-16-4-10-28-20(16)12-17)25-6-8-26(9-7-25)21-23-13-18-14-29(22,27)11-5-19(18)24-21/h2-3,12-13,15,22H,4-11,14H2,1H3. The first-order chi connectivity index (χ1) is 14.0. The number of nitrogens with zero attached hydrogens (tertiary/aromatic N) is 4. The summed E-state index contributed by atoms with van der Waals surface area (Å²) in [5.41, 5.74) is 4.47. The molecule has 29 heavy (non-hydrogen) atoms. The number of hydrogen-bond acceptors (Lipinski definition) is 7. The zero-order chi connectivity index (χ0) is 20.0. The van der Waals surface area contributed by atoms with E-state index in [0.29, 0.717) is 24.0 Å². The quantitative estimate of drug-likeness (QED) is 0.832. The van der Waals surface area contributed by atoms with Gasteiger partial charge in [0.1, 0.15) is 5.75 Å². The fraction of sp³-hybridized carbons (Fsp3) is 0.524. The maximum Gasteiger partial charge on any atom is 0.225 e. The van der Waals surface area contributed by atoms with Crippen molar-refractivity contribution < 1.29 is 8.95 Å². The van der Waals surface area contributed by atoms with Gasteiger partial charge in [0.05, 0.1) is 18.1 Å². The topological polar surface area (TPSA) is 82.4 Å². The minimum Gasteiger partial charge on any atom is -0.493 e. The highest BCUT2D eigenvalue weighted by Crippen LogP contribution is 2.31. The SMILES string of the molecule is CC(c1ccc2c(c1)OCC2)N1CCN(c2ncc3c(n2)CCS(=N)(=O)C3)CC1. The number of nitrogens with one attached hydrogen (secondary N) is 1. The van der Waals surface area contributed by atoms with Gasteiger partial charge in [-0.15, -0.1) is 0 Å². The number of rotatable bonds is 3. The summed E-state index contributed by atoms with van der Waals surface area (Å²) >= 11 is 0. The van der Waals surface area contributed by atoms with Crippen LogP contribution in [0.5, 0.6) is 5.75 Å². The number of fused-ring (bicyclic) bond motifs is 2. The summed E-state index contributed by atoms with van der Waals surface area (Å²) < 4.78 is 25.6. The van der Waals surface area contributed by atoms with Crippen molar-refractivity contribution in [2.75, 3.05) is 43.4 Å². The first kappa shape index (κ1) is 18.8. The lowest BCUT2D eigenvalue weighted by Crippen LogP contribution is -2.47. The van der Waals surface area contributed by atoms with Crippen molar-refractivity contribution >= 4 is 15.7 Å². The molecule has 0 aliphatic carbocycles. The smallest absolute Gasteiger partial charge is 0.225 e. The number of hydrogen-bond donors (Lipinski definition) is 1. The molecule has 1 saturated heterocycles. The van der Waals surface area contributed by atoms with Gasteiger partial charge in [0.2, 0.25) is 5.95 Å². The highest BCUT2D eigenvalue weighted by molar-refractivity contribution is 7.91. The van der Waals surface area contributed by atoms with Gasteiger partial charge in [-0.1, -0.05) is 12.1 Å². The first-order valence-corrected chi connectivity index (χ1v) is 12.2. The van der Waals surface area contributed by atoms with Crippen molar-refractivity contribution in [3.05, 3.63) is 46.8 Å². The van der Waals surface area contributed by atoms with E-state index in [1.54, 1.807) is 6.20 Å². The van der Waals surface area contributed by atoms with E-state index >= 15 is 0 Å². The van der Waals surface area contributed by atoms with Gasteiger partial charge in [-0.2, -0.15) is 0 Å². The Kier molecular flexibility index (Phi) is 4.70. The van der Waals surface area contributed by atoms with Crippen LogP contribution in [0, 0.1) is 4.78 Å². The molecule has 4 heterocycles. The highest BCUT2D eigenvalue weighted by Gasteiger charge is 2.26. The fourth-order valence-corrected chi connectivity index (χ4v) is 5.88. The highest BCUT2D eigenvalue weighted by atomic mass is 32.2. The van der Waals surface area contributed by atoms with Gasteiger partial charge in [0, 0.05) is 72.3 Å². The Labute approximate surface area is 172 Å². The zero-order valence-electron chi connectivity index (χ0n) is 16.8. The summed E-state index contributed by atoms with van der Waals surface area (Å²) in [5.74, 6) is 2.51. The summed E-state index contributed by atoms with van der Waals surface area (Å²) in [6.07, 6.45) is 3.41. The van der Waals surface area contributed by atoms with Crippen molar-refractivity contribution in [1.82, 2.24) is 14.9 Å². The fourth-order valence-electron chi connectivity index (χ4n) is 4.47. The normalized spacial score (nSPS) is 25.2. The summed E-state index contributed by atoms with van der Waals surface area (Å²) in [5, 5.41) is 0. The lowest BCUT2D eigenvalue weighted by atomic mass is 10.0. The van der Waals surface area contributed by atoms with Crippen LogP contribution in [-0.4, -0.2) is 57.6 Å². The molecule has 1 N–H and O–H groups in total. The molecular weight excluding hydrogens is 386 g/mol. The molecule has 2 unspecified atom stereocenters. The Morgan fingerprint density at radius 3 is 2.83 bits per heavy atom. The van der Waals surface area contributed by atoms with Crippen molar-refractivity contribution in [2.24, 2.45) is 0 Å². The van der Waals surface area contributed by atoms with Gasteiger partial charge in [0.15, 0.2) is 0 Å². The summed E-state index contributed by atoms with van der Waals surface area (Å²) in [4.78, 5) is 14.0. The van der Waals surface area contributed by atoms with Crippen LogP contribution in [0.4, 0.5) is 5.95 Å². The molecule has 8 heteroatoms. The van der Waals surface area contributed by atoms with E-state index < -0.39 is 9.73 Å². The van der Waals surface area contributed by atoms with E-state index in [4.69, 9.17) is 14.5 Å². The average molecular weight is 414 g/mol. The van der Waals surface area contributed by atoms with Crippen molar-refractivity contribution in [1.29, 1.82) is 4.78 Å². The number of aryl methyl sites for hydroxylation is 1. The Balaban J connectivity index is 1.25. The Bertz CT molecular complexity index is 1030. The summed E-state index contributed by atoms with van der Waals surface area (Å²) in [7, 11) is -2.49. The minimum absolute atomic E-state index is 0.290. The molecule has 5 rings (SSSR count). The monoisotopic (exact) mass is 413 g/mol. The molecule has 7 nitrogen and oxygen atoms in total. The molecule has 1 aromatic heterocycles. The van der Waals surface area contributed by atoms with Crippen LogP contribution in [0.1, 0.15) is 35.3 Å². The van der Waals surface area contributed by atoms with Gasteiger partial charge < -0.3 is 9.64 Å². The number of ether oxygens (including phenoxy) is 1. The molecule has 0 bridgehead atoms. The van der Waals surface area contributed by atoms with E-state index in [2.05, 4.69) is 39.9 Å². The number of benzene rings is 1. The molecule has 0 spiro atoms. The number of piperazine rings is 1. The van der Waals surface area contributed by atoms with Crippen molar-refractivity contribution in [3.8, 4) is 5.75 Å². The Hall–Kier alpha value is -2.19. The third-order valence-corrected chi connectivity index (χ3v) is 7.99. The van der Waals surface area contributed by atoms with E-state index in [-0.39, 0.29) is 0 Å². The molecule has 1 fully saturated rings. The van der Waals surface area contributed by atoms with Crippen molar-refractivity contribution in [3.63, 3.8) is 0 Å². The third kappa shape index (κ3) is 3.71. The van der Waals surface area contributed by atoms with E-state index in [0.717, 1.165) is 62.2 Å². The second-order valence-electron chi connectivity index (χ2n) is 8.22. The molecule has 0 radical (unpaired) electrons. The van der Waals surface area contributed by atoms with E-state index in [1.165, 1.54) is 11.1 Å².